The summed E-state index contributed by atoms with van der Waals surface area (Å²) in [6, 6.07) is 0. The molecule has 0 radical (unpaired) electrons. The number of phosphoric acid groups is 1. The topological polar surface area (TPSA) is 99.1 Å². The summed E-state index contributed by atoms with van der Waals surface area (Å²) in [4.78, 5) is 0. The third-order valence-electron chi connectivity index (χ3n) is 5.60. The molecule has 2 bridgehead atoms. The van der Waals surface area contributed by atoms with Crippen LogP contribution in [0.3, 0.4) is 0 Å². The van der Waals surface area contributed by atoms with E-state index >= 15 is 0 Å². The Bertz CT molecular complexity index is 534. The highest BCUT2D eigenvalue weighted by Gasteiger charge is 2.50. The molecule has 3 saturated heterocycles. The zero-order chi connectivity index (χ0) is 29.3. The van der Waals surface area contributed by atoms with Gasteiger partial charge in [0, 0.05) is 0 Å². The van der Waals surface area contributed by atoms with Crippen LogP contribution in [0.5, 0.6) is 0 Å². The Morgan fingerprint density at radius 1 is 0.632 bits per heavy atom. The van der Waals surface area contributed by atoms with Crippen LogP contribution in [-0.4, -0.2) is 69.5 Å². The molecule has 3 aliphatic heterocycles. The molecule has 0 aliphatic carbocycles. The molecule has 0 amide bonds. The van der Waals surface area contributed by atoms with Crippen LogP contribution < -0.4 is 0 Å². The standard InChI is InChI=1S/C5H9O5P.2C5H13OP.2C4H10.C3H8.2CH4/c6-1-5-2-8-11(7,9-3-5)10-4-5;2*1-4-7(3,6)5-2;2*1-3-4-2;1-3-2;;/h6H,1-4H2;2*4-5H2,1-3H3;2*3-4H2,1-2H3;3H2,1-2H3;2*1H4. The van der Waals surface area contributed by atoms with Gasteiger partial charge in [-0.3, -0.25) is 13.6 Å². The number of hydrogen-bond acceptors (Lipinski definition) is 7. The normalized spacial score (nSPS) is 20.8. The Morgan fingerprint density at radius 3 is 0.947 bits per heavy atom. The molecule has 0 unspecified atom stereocenters. The molecule has 240 valence electrons. The van der Waals surface area contributed by atoms with E-state index in [4.69, 9.17) is 18.7 Å². The van der Waals surface area contributed by atoms with Gasteiger partial charge in [-0.1, -0.05) is 116 Å². The molecule has 1 N–H and O–H groups in total. The molecule has 0 aromatic rings. The summed E-state index contributed by atoms with van der Waals surface area (Å²) >= 11 is 0. The largest absolute Gasteiger partial charge is 0.474 e. The summed E-state index contributed by atoms with van der Waals surface area (Å²) in [6.45, 7) is 25.3. The maximum Gasteiger partial charge on any atom is 0.474 e. The molecule has 0 aromatic heterocycles. The molecule has 38 heavy (non-hydrogen) atoms. The Kier molecular flexibility index (Phi) is 41.1. The Balaban J connectivity index is -0.0000000852. The van der Waals surface area contributed by atoms with Gasteiger partial charge in [-0.2, -0.15) is 0 Å². The van der Waals surface area contributed by atoms with Crippen molar-refractivity contribution in [3.8, 4) is 0 Å². The summed E-state index contributed by atoms with van der Waals surface area (Å²) in [5, 5.41) is 8.92. The molecule has 7 nitrogen and oxygen atoms in total. The summed E-state index contributed by atoms with van der Waals surface area (Å²) in [5.74, 6) is 0. The number of unbranched alkanes of at least 4 members (excludes halogenated alkanes) is 2. The smallest absolute Gasteiger partial charge is 0.396 e. The summed E-state index contributed by atoms with van der Waals surface area (Å²) in [6.07, 6.45) is 9.93. The third-order valence-corrected chi connectivity index (χ3v) is 12.3. The van der Waals surface area contributed by atoms with Crippen molar-refractivity contribution in [2.45, 2.75) is 116 Å². The van der Waals surface area contributed by atoms with E-state index in [1.807, 2.05) is 41.0 Å². The molecule has 0 saturated carbocycles. The summed E-state index contributed by atoms with van der Waals surface area (Å²) in [5.41, 5.74) is -0.480. The fraction of sp³-hybridized carbons (Fsp3) is 1.00. The van der Waals surface area contributed by atoms with E-state index in [1.54, 1.807) is 0 Å². The highest BCUT2D eigenvalue weighted by Crippen LogP contribution is 2.59. The van der Waals surface area contributed by atoms with Gasteiger partial charge < -0.3 is 14.2 Å². The molecular formula is C28H71O7P3. The Morgan fingerprint density at radius 2 is 0.842 bits per heavy atom. The Labute approximate surface area is 240 Å². The van der Waals surface area contributed by atoms with Crippen LogP contribution in [0.1, 0.15) is 116 Å². The van der Waals surface area contributed by atoms with E-state index in [-0.39, 0.29) is 41.3 Å². The van der Waals surface area contributed by atoms with Gasteiger partial charge in [0.15, 0.2) is 0 Å². The van der Waals surface area contributed by atoms with Crippen molar-refractivity contribution in [2.24, 2.45) is 5.41 Å². The highest BCUT2D eigenvalue weighted by atomic mass is 31.2. The second-order valence-electron chi connectivity index (χ2n) is 9.49. The average Bonchev–Trinajstić information content (AvgIpc) is 2.91. The quantitative estimate of drug-likeness (QED) is 0.286. The van der Waals surface area contributed by atoms with E-state index in [0.717, 1.165) is 24.6 Å². The maximum absolute atomic E-state index is 11.1. The van der Waals surface area contributed by atoms with E-state index < -0.39 is 27.5 Å². The van der Waals surface area contributed by atoms with Crippen molar-refractivity contribution in [2.75, 3.05) is 64.4 Å². The van der Waals surface area contributed by atoms with Gasteiger partial charge in [0.05, 0.1) is 46.1 Å². The van der Waals surface area contributed by atoms with E-state index in [0.29, 0.717) is 0 Å². The number of hydrogen-bond donors (Lipinski definition) is 1. The molecule has 3 heterocycles. The minimum absolute atomic E-state index is 0. The molecule has 0 aromatic carbocycles. The third kappa shape index (κ3) is 31.1. The van der Waals surface area contributed by atoms with Crippen LogP contribution in [-0.2, 0) is 27.3 Å². The molecule has 3 fully saturated rings. The number of aliphatic hydroxyl groups is 1. The van der Waals surface area contributed by atoms with Crippen molar-refractivity contribution in [3.63, 3.8) is 0 Å². The monoisotopic (exact) mass is 612 g/mol. The minimum Gasteiger partial charge on any atom is -0.396 e. The lowest BCUT2D eigenvalue weighted by atomic mass is 9.93. The van der Waals surface area contributed by atoms with Gasteiger partial charge in [0.25, 0.3) is 0 Å². The maximum atomic E-state index is 11.1. The average molecular weight is 613 g/mol. The lowest BCUT2D eigenvalue weighted by Crippen LogP contribution is -2.47. The number of fused-ring (bicyclic) bond motifs is 3. The SMILES string of the molecule is C.C.CCC.CCCC.CCCC.CCP(C)(=O)CC.CCP(C)(=O)CC.O=P12OCC(CO)(CO1)CO2. The second-order valence-corrected chi connectivity index (χ2v) is 18.9. The van der Waals surface area contributed by atoms with Crippen LogP contribution in [0.2, 0.25) is 0 Å². The van der Waals surface area contributed by atoms with Crippen molar-refractivity contribution in [1.29, 1.82) is 0 Å². The highest BCUT2D eigenvalue weighted by molar-refractivity contribution is 7.63. The van der Waals surface area contributed by atoms with Gasteiger partial charge in [-0.15, -0.1) is 0 Å². The molecule has 10 heteroatoms. The molecule has 0 spiro atoms. The fourth-order valence-corrected chi connectivity index (χ4v) is 3.88. The van der Waals surface area contributed by atoms with Crippen LogP contribution in [0.4, 0.5) is 0 Å². The lowest BCUT2D eigenvalue weighted by Gasteiger charge is -2.42. The number of rotatable bonds is 7. The van der Waals surface area contributed by atoms with Crippen molar-refractivity contribution >= 4 is 22.1 Å². The van der Waals surface area contributed by atoms with E-state index in [1.165, 1.54) is 32.1 Å². The summed E-state index contributed by atoms with van der Waals surface area (Å²) < 4.78 is 47.5. The molecule has 0 atom stereocenters. The fourth-order valence-electron chi connectivity index (χ4n) is 1.47. The zero-order valence-electron chi connectivity index (χ0n) is 25.9. The van der Waals surface area contributed by atoms with Crippen molar-refractivity contribution in [1.82, 2.24) is 0 Å². The van der Waals surface area contributed by atoms with E-state index in [2.05, 4.69) is 41.5 Å². The van der Waals surface area contributed by atoms with Crippen molar-refractivity contribution < 1.29 is 32.4 Å². The van der Waals surface area contributed by atoms with Gasteiger partial charge in [-0.25, -0.2) is 4.57 Å². The van der Waals surface area contributed by atoms with Gasteiger partial charge in [0.2, 0.25) is 0 Å². The predicted molar refractivity (Wildman–Crippen MR) is 175 cm³/mol. The van der Waals surface area contributed by atoms with E-state index in [9.17, 15) is 13.7 Å². The first-order chi connectivity index (χ1) is 16.7. The second kappa shape index (κ2) is 30.5. The van der Waals surface area contributed by atoms with Gasteiger partial charge in [0.1, 0.15) is 0 Å². The molecule has 3 aliphatic rings. The van der Waals surface area contributed by atoms with Gasteiger partial charge >= 0.3 is 7.82 Å². The van der Waals surface area contributed by atoms with Crippen LogP contribution >= 0.6 is 22.1 Å². The number of phosphoric ester groups is 1. The van der Waals surface area contributed by atoms with Crippen LogP contribution in [0.25, 0.3) is 0 Å². The molecule has 3 rings (SSSR count). The predicted octanol–water partition coefficient (Wildman–Crippen LogP) is 10.5. The van der Waals surface area contributed by atoms with Crippen molar-refractivity contribution in [3.05, 3.63) is 0 Å². The van der Waals surface area contributed by atoms with Crippen LogP contribution in [0, 0.1) is 5.41 Å². The van der Waals surface area contributed by atoms with Crippen LogP contribution in [0.15, 0.2) is 0 Å². The molecular weight excluding hydrogens is 541 g/mol. The first-order valence-electron chi connectivity index (χ1n) is 13.9. The first kappa shape index (κ1) is 51.3. The summed E-state index contributed by atoms with van der Waals surface area (Å²) in [7, 11) is -6.50. The minimum atomic E-state index is -3.20. The first-order valence-corrected chi connectivity index (χ1v) is 20.4. The Hall–Kier alpha value is 0.530. The van der Waals surface area contributed by atoms with Gasteiger partial charge in [-0.05, 0) is 38.0 Å². The lowest BCUT2D eigenvalue weighted by molar-refractivity contribution is -0.114. The number of aliphatic hydroxyl groups excluding tert-OH is 1. The zero-order valence-corrected chi connectivity index (χ0v) is 28.6.